The van der Waals surface area contributed by atoms with Gasteiger partial charge in [-0.15, -0.1) is 0 Å². The summed E-state index contributed by atoms with van der Waals surface area (Å²) in [5.41, 5.74) is 1.48. The van der Waals surface area contributed by atoms with Crippen molar-refractivity contribution in [1.29, 1.82) is 0 Å². The van der Waals surface area contributed by atoms with Crippen molar-refractivity contribution in [3.05, 3.63) is 64.3 Å². The SMILES string of the molecule is COc1cc(Cl)c(/C=C2\N=C(c3ccccc3)OC2=O)cc1OC. The first-order valence-electron chi connectivity index (χ1n) is 7.12. The van der Waals surface area contributed by atoms with Crippen LogP contribution in [0.1, 0.15) is 11.1 Å². The van der Waals surface area contributed by atoms with Gasteiger partial charge < -0.3 is 14.2 Å². The lowest BCUT2D eigenvalue weighted by molar-refractivity contribution is -0.129. The molecule has 0 spiro atoms. The van der Waals surface area contributed by atoms with E-state index in [4.69, 9.17) is 25.8 Å². The van der Waals surface area contributed by atoms with Crippen LogP contribution in [0.25, 0.3) is 6.08 Å². The minimum Gasteiger partial charge on any atom is -0.493 e. The summed E-state index contributed by atoms with van der Waals surface area (Å²) in [4.78, 5) is 16.3. The molecule has 3 rings (SSSR count). The van der Waals surface area contributed by atoms with Gasteiger partial charge in [-0.1, -0.05) is 29.8 Å². The third kappa shape index (κ3) is 3.12. The summed E-state index contributed by atoms with van der Waals surface area (Å²) in [5, 5.41) is 0.413. The lowest BCUT2D eigenvalue weighted by Crippen LogP contribution is -2.04. The van der Waals surface area contributed by atoms with Gasteiger partial charge in [0.15, 0.2) is 17.2 Å². The summed E-state index contributed by atoms with van der Waals surface area (Å²) in [6.45, 7) is 0. The van der Waals surface area contributed by atoms with E-state index in [0.29, 0.717) is 22.1 Å². The molecule has 0 saturated carbocycles. The zero-order valence-corrected chi connectivity index (χ0v) is 13.8. The number of benzene rings is 2. The van der Waals surface area contributed by atoms with Crippen LogP contribution in [0.4, 0.5) is 0 Å². The van der Waals surface area contributed by atoms with E-state index in [-0.39, 0.29) is 11.6 Å². The van der Waals surface area contributed by atoms with E-state index in [1.807, 2.05) is 30.3 Å². The predicted molar refractivity (Wildman–Crippen MR) is 91.6 cm³/mol. The maximum atomic E-state index is 12.0. The molecule has 5 nitrogen and oxygen atoms in total. The van der Waals surface area contributed by atoms with Crippen LogP contribution in [-0.4, -0.2) is 26.1 Å². The molecule has 0 N–H and O–H groups in total. The molecule has 1 aliphatic rings. The Kier molecular flexibility index (Phi) is 4.53. The van der Waals surface area contributed by atoms with Crippen molar-refractivity contribution in [2.75, 3.05) is 14.2 Å². The fourth-order valence-electron chi connectivity index (χ4n) is 2.24. The highest BCUT2D eigenvalue weighted by molar-refractivity contribution is 6.32. The molecule has 6 heteroatoms. The first-order valence-corrected chi connectivity index (χ1v) is 7.49. The topological polar surface area (TPSA) is 57.1 Å². The Morgan fingerprint density at radius 2 is 1.75 bits per heavy atom. The molecule has 24 heavy (non-hydrogen) atoms. The van der Waals surface area contributed by atoms with E-state index in [9.17, 15) is 4.79 Å². The van der Waals surface area contributed by atoms with Crippen molar-refractivity contribution in [1.82, 2.24) is 0 Å². The number of hydrogen-bond acceptors (Lipinski definition) is 5. The van der Waals surface area contributed by atoms with Crippen LogP contribution in [0, 0.1) is 0 Å². The first kappa shape index (κ1) is 16.1. The van der Waals surface area contributed by atoms with Gasteiger partial charge in [-0.3, -0.25) is 0 Å². The highest BCUT2D eigenvalue weighted by atomic mass is 35.5. The molecule has 0 radical (unpaired) electrons. The molecular formula is C18H14ClNO4. The molecule has 1 heterocycles. The van der Waals surface area contributed by atoms with Gasteiger partial charge in [0.25, 0.3) is 0 Å². The number of methoxy groups -OCH3 is 2. The average molecular weight is 344 g/mol. The van der Waals surface area contributed by atoms with Crippen molar-refractivity contribution >= 4 is 29.5 Å². The largest absolute Gasteiger partial charge is 0.493 e. The quantitative estimate of drug-likeness (QED) is 0.627. The zero-order chi connectivity index (χ0) is 17.1. The van der Waals surface area contributed by atoms with E-state index in [1.165, 1.54) is 14.2 Å². The van der Waals surface area contributed by atoms with Crippen LogP contribution in [0.2, 0.25) is 5.02 Å². The van der Waals surface area contributed by atoms with Gasteiger partial charge in [0.2, 0.25) is 5.90 Å². The highest BCUT2D eigenvalue weighted by Crippen LogP contribution is 2.34. The molecule has 0 fully saturated rings. The van der Waals surface area contributed by atoms with Crippen LogP contribution in [-0.2, 0) is 9.53 Å². The maximum absolute atomic E-state index is 12.0. The molecule has 0 amide bonds. The number of cyclic esters (lactones) is 1. The Labute approximate surface area is 144 Å². The van der Waals surface area contributed by atoms with Gasteiger partial charge >= 0.3 is 5.97 Å². The Bertz CT molecular complexity index is 844. The van der Waals surface area contributed by atoms with Crippen LogP contribution in [0.5, 0.6) is 11.5 Å². The van der Waals surface area contributed by atoms with Crippen molar-refractivity contribution < 1.29 is 19.0 Å². The maximum Gasteiger partial charge on any atom is 0.363 e. The molecule has 1 aliphatic heterocycles. The number of rotatable bonds is 4. The van der Waals surface area contributed by atoms with Crippen LogP contribution >= 0.6 is 11.6 Å². The predicted octanol–water partition coefficient (Wildman–Crippen LogP) is 3.70. The van der Waals surface area contributed by atoms with Gasteiger partial charge in [-0.05, 0) is 29.8 Å². The fraction of sp³-hybridized carbons (Fsp3) is 0.111. The molecule has 0 aliphatic carbocycles. The first-order chi connectivity index (χ1) is 11.6. The Morgan fingerprint density at radius 3 is 2.42 bits per heavy atom. The van der Waals surface area contributed by atoms with Gasteiger partial charge in [-0.25, -0.2) is 9.79 Å². The summed E-state index contributed by atoms with van der Waals surface area (Å²) in [7, 11) is 3.05. The number of carbonyl (C=O) groups excluding carboxylic acids is 1. The van der Waals surface area contributed by atoms with E-state index < -0.39 is 5.97 Å². The molecule has 2 aromatic carbocycles. The van der Waals surface area contributed by atoms with Crippen molar-refractivity contribution in [3.63, 3.8) is 0 Å². The number of carbonyl (C=O) groups is 1. The summed E-state index contributed by atoms with van der Waals surface area (Å²) in [6, 6.07) is 12.5. The lowest BCUT2D eigenvalue weighted by atomic mass is 10.1. The monoisotopic (exact) mass is 343 g/mol. The second-order valence-corrected chi connectivity index (χ2v) is 5.34. The third-order valence-electron chi connectivity index (χ3n) is 3.44. The second kappa shape index (κ2) is 6.76. The number of aliphatic imine (C=N–C) groups is 1. The fourth-order valence-corrected chi connectivity index (χ4v) is 2.45. The van der Waals surface area contributed by atoms with Crippen molar-refractivity contribution in [2.24, 2.45) is 4.99 Å². The van der Waals surface area contributed by atoms with Gasteiger partial charge in [0.1, 0.15) is 0 Å². The highest BCUT2D eigenvalue weighted by Gasteiger charge is 2.24. The van der Waals surface area contributed by atoms with E-state index >= 15 is 0 Å². The minimum absolute atomic E-state index is 0.169. The normalized spacial score (nSPS) is 15.2. The van der Waals surface area contributed by atoms with Crippen molar-refractivity contribution in [2.45, 2.75) is 0 Å². The van der Waals surface area contributed by atoms with Gasteiger partial charge in [0, 0.05) is 11.6 Å². The van der Waals surface area contributed by atoms with E-state index in [0.717, 1.165) is 5.56 Å². The number of esters is 1. The summed E-state index contributed by atoms with van der Waals surface area (Å²) >= 11 is 6.24. The van der Waals surface area contributed by atoms with Gasteiger partial charge in [-0.2, -0.15) is 0 Å². The van der Waals surface area contributed by atoms with E-state index in [1.54, 1.807) is 18.2 Å². The standard InChI is InChI=1S/C18H14ClNO4/c1-22-15-9-12(13(19)10-16(15)23-2)8-14-18(21)24-17(20-14)11-6-4-3-5-7-11/h3-10H,1-2H3/b14-8-. The summed E-state index contributed by atoms with van der Waals surface area (Å²) in [5.74, 6) is 0.752. The van der Waals surface area contributed by atoms with Gasteiger partial charge in [0.05, 0.1) is 19.2 Å². The molecule has 0 aromatic heterocycles. The molecule has 0 unspecified atom stereocenters. The minimum atomic E-state index is -0.528. The zero-order valence-electron chi connectivity index (χ0n) is 13.1. The molecule has 0 saturated heterocycles. The summed E-state index contributed by atoms with van der Waals surface area (Å²) < 4.78 is 15.7. The molecule has 0 bridgehead atoms. The van der Waals surface area contributed by atoms with Crippen LogP contribution in [0.15, 0.2) is 53.2 Å². The van der Waals surface area contributed by atoms with Crippen molar-refractivity contribution in [3.8, 4) is 11.5 Å². The third-order valence-corrected chi connectivity index (χ3v) is 3.76. The number of nitrogens with zero attached hydrogens (tertiary/aromatic N) is 1. The number of ether oxygens (including phenoxy) is 3. The average Bonchev–Trinajstić information content (AvgIpc) is 2.97. The summed E-state index contributed by atoms with van der Waals surface area (Å²) in [6.07, 6.45) is 1.56. The lowest BCUT2D eigenvalue weighted by Gasteiger charge is -2.09. The Hall–Kier alpha value is -2.79. The molecule has 0 atom stereocenters. The molecule has 2 aromatic rings. The Balaban J connectivity index is 1.99. The van der Waals surface area contributed by atoms with E-state index in [2.05, 4.69) is 4.99 Å². The molecule has 122 valence electrons. The number of hydrogen-bond donors (Lipinski definition) is 0. The van der Waals surface area contributed by atoms with Crippen LogP contribution < -0.4 is 9.47 Å². The number of halogens is 1. The smallest absolute Gasteiger partial charge is 0.363 e. The molecular weight excluding hydrogens is 330 g/mol. The second-order valence-electron chi connectivity index (χ2n) is 4.93. The Morgan fingerprint density at radius 1 is 1.08 bits per heavy atom. The van der Waals surface area contributed by atoms with Crippen LogP contribution in [0.3, 0.4) is 0 Å².